The second-order valence-corrected chi connectivity index (χ2v) is 4.16. The second-order valence-electron chi connectivity index (χ2n) is 2.85. The minimum Gasteiger partial charge on any atom is -0.439 e. The maximum Gasteiger partial charge on any atom is 0.220 e. The lowest BCUT2D eigenvalue weighted by atomic mass is 10.3. The number of benzene rings is 1. The van der Waals surface area contributed by atoms with Crippen LogP contribution >= 0.6 is 27.5 Å². The number of pyridine rings is 1. The molecule has 0 radical (unpaired) electrons. The van der Waals surface area contributed by atoms with E-state index in [0.29, 0.717) is 11.0 Å². The van der Waals surface area contributed by atoms with Crippen LogP contribution in [0.4, 0.5) is 0 Å². The summed E-state index contributed by atoms with van der Waals surface area (Å²) in [6, 6.07) is 12.8. The highest BCUT2D eigenvalue weighted by Crippen LogP contribution is 2.22. The van der Waals surface area contributed by atoms with Gasteiger partial charge in [0.2, 0.25) is 5.88 Å². The van der Waals surface area contributed by atoms with Gasteiger partial charge in [0.1, 0.15) is 10.9 Å². The molecule has 4 heteroatoms. The van der Waals surface area contributed by atoms with Crippen molar-refractivity contribution in [1.29, 1.82) is 0 Å². The molecule has 0 atom stereocenters. The second kappa shape index (κ2) is 4.64. The predicted octanol–water partition coefficient (Wildman–Crippen LogP) is 4.29. The number of halogens is 2. The molecule has 0 spiro atoms. The van der Waals surface area contributed by atoms with E-state index in [2.05, 4.69) is 20.9 Å². The van der Waals surface area contributed by atoms with Crippen molar-refractivity contribution in [3.63, 3.8) is 0 Å². The minimum absolute atomic E-state index is 0.421. The van der Waals surface area contributed by atoms with Crippen LogP contribution in [-0.2, 0) is 0 Å². The lowest BCUT2D eigenvalue weighted by Crippen LogP contribution is -1.87. The van der Waals surface area contributed by atoms with Gasteiger partial charge in [-0.1, -0.05) is 33.6 Å². The van der Waals surface area contributed by atoms with Crippen LogP contribution in [0.15, 0.2) is 46.9 Å². The summed E-state index contributed by atoms with van der Waals surface area (Å²) in [5.74, 6) is 1.22. The summed E-state index contributed by atoms with van der Waals surface area (Å²) in [6.07, 6.45) is 0. The maximum absolute atomic E-state index is 5.74. The molecule has 0 fully saturated rings. The normalized spacial score (nSPS) is 10.0. The maximum atomic E-state index is 5.74. The topological polar surface area (TPSA) is 22.1 Å². The molecule has 0 bridgehead atoms. The fourth-order valence-electron chi connectivity index (χ4n) is 1.07. The van der Waals surface area contributed by atoms with Gasteiger partial charge in [0.25, 0.3) is 0 Å². The third-order valence-electron chi connectivity index (χ3n) is 1.73. The van der Waals surface area contributed by atoms with E-state index in [1.807, 2.05) is 24.3 Å². The Morgan fingerprint density at radius 3 is 2.47 bits per heavy atom. The van der Waals surface area contributed by atoms with Crippen molar-refractivity contribution in [2.45, 2.75) is 0 Å². The minimum atomic E-state index is 0.421. The first kappa shape index (κ1) is 10.5. The van der Waals surface area contributed by atoms with Crippen LogP contribution in [0.5, 0.6) is 11.6 Å². The lowest BCUT2D eigenvalue weighted by Gasteiger charge is -2.04. The van der Waals surface area contributed by atoms with Crippen molar-refractivity contribution in [3.05, 3.63) is 52.1 Å². The monoisotopic (exact) mass is 283 g/mol. The zero-order valence-corrected chi connectivity index (χ0v) is 9.99. The number of rotatable bonds is 2. The Bertz CT molecular complexity index is 458. The average Bonchev–Trinajstić information content (AvgIpc) is 2.22. The van der Waals surface area contributed by atoms with Crippen LogP contribution in [0.2, 0.25) is 5.15 Å². The number of aromatic nitrogens is 1. The third-order valence-corrected chi connectivity index (χ3v) is 2.46. The number of ether oxygens (including phenoxy) is 1. The van der Waals surface area contributed by atoms with E-state index in [1.165, 1.54) is 0 Å². The Balaban J connectivity index is 2.18. The molecule has 0 N–H and O–H groups in total. The van der Waals surface area contributed by atoms with Crippen LogP contribution < -0.4 is 4.74 Å². The van der Waals surface area contributed by atoms with Gasteiger partial charge in [0, 0.05) is 10.5 Å². The van der Waals surface area contributed by atoms with Crippen LogP contribution in [0, 0.1) is 0 Å². The highest BCUT2D eigenvalue weighted by molar-refractivity contribution is 9.10. The van der Waals surface area contributed by atoms with Crippen LogP contribution in [0.3, 0.4) is 0 Å². The van der Waals surface area contributed by atoms with E-state index < -0.39 is 0 Å². The molecule has 2 rings (SSSR count). The van der Waals surface area contributed by atoms with Crippen molar-refractivity contribution in [2.75, 3.05) is 0 Å². The van der Waals surface area contributed by atoms with Crippen molar-refractivity contribution in [3.8, 4) is 11.6 Å². The summed E-state index contributed by atoms with van der Waals surface area (Å²) in [5.41, 5.74) is 0. The number of hydrogen-bond acceptors (Lipinski definition) is 2. The highest BCUT2D eigenvalue weighted by Gasteiger charge is 1.98. The van der Waals surface area contributed by atoms with E-state index in [-0.39, 0.29) is 0 Å². The van der Waals surface area contributed by atoms with Crippen molar-refractivity contribution < 1.29 is 4.74 Å². The zero-order valence-electron chi connectivity index (χ0n) is 7.65. The first-order valence-electron chi connectivity index (χ1n) is 4.30. The molecular weight excluding hydrogens is 277 g/mol. The molecule has 0 aliphatic heterocycles. The molecule has 2 nitrogen and oxygen atoms in total. The smallest absolute Gasteiger partial charge is 0.220 e. The quantitative estimate of drug-likeness (QED) is 0.768. The first-order chi connectivity index (χ1) is 7.24. The Morgan fingerprint density at radius 2 is 1.80 bits per heavy atom. The van der Waals surface area contributed by atoms with E-state index in [1.54, 1.807) is 18.2 Å². The fraction of sp³-hybridized carbons (Fsp3) is 0. The van der Waals surface area contributed by atoms with Crippen molar-refractivity contribution in [1.82, 2.24) is 4.98 Å². The highest BCUT2D eigenvalue weighted by atomic mass is 79.9. The lowest BCUT2D eigenvalue weighted by molar-refractivity contribution is 0.463. The summed E-state index contributed by atoms with van der Waals surface area (Å²) in [4.78, 5) is 4.02. The molecule has 0 aliphatic rings. The van der Waals surface area contributed by atoms with E-state index in [9.17, 15) is 0 Å². The van der Waals surface area contributed by atoms with Crippen LogP contribution in [0.1, 0.15) is 0 Å². The van der Waals surface area contributed by atoms with Gasteiger partial charge in [0.15, 0.2) is 0 Å². The van der Waals surface area contributed by atoms with Gasteiger partial charge in [-0.15, -0.1) is 0 Å². The van der Waals surface area contributed by atoms with E-state index in [0.717, 1.165) is 10.2 Å². The Hall–Kier alpha value is -1.06. The Labute approximate surface area is 101 Å². The standard InChI is InChI=1S/C11H7BrClNO/c12-8-4-6-9(7-5-8)15-11-3-1-2-10(13)14-11/h1-7H. The first-order valence-corrected chi connectivity index (χ1v) is 5.47. The van der Waals surface area contributed by atoms with Crippen molar-refractivity contribution in [2.24, 2.45) is 0 Å². The largest absolute Gasteiger partial charge is 0.439 e. The van der Waals surface area contributed by atoms with Crippen molar-refractivity contribution >= 4 is 27.5 Å². The van der Waals surface area contributed by atoms with Gasteiger partial charge in [-0.25, -0.2) is 4.98 Å². The zero-order chi connectivity index (χ0) is 10.7. The molecule has 0 saturated carbocycles. The third kappa shape index (κ3) is 2.94. The molecule has 76 valence electrons. The molecular formula is C11H7BrClNO. The molecule has 15 heavy (non-hydrogen) atoms. The van der Waals surface area contributed by atoms with Gasteiger partial charge in [-0.3, -0.25) is 0 Å². The van der Waals surface area contributed by atoms with Gasteiger partial charge >= 0.3 is 0 Å². The Morgan fingerprint density at radius 1 is 1.07 bits per heavy atom. The molecule has 2 aromatic rings. The molecule has 1 heterocycles. The average molecular weight is 285 g/mol. The summed E-state index contributed by atoms with van der Waals surface area (Å²) < 4.78 is 6.51. The molecule has 0 saturated heterocycles. The van der Waals surface area contributed by atoms with Gasteiger partial charge in [-0.05, 0) is 30.3 Å². The fourth-order valence-corrected chi connectivity index (χ4v) is 1.49. The van der Waals surface area contributed by atoms with Gasteiger partial charge in [0.05, 0.1) is 0 Å². The van der Waals surface area contributed by atoms with E-state index >= 15 is 0 Å². The Kier molecular flexibility index (Phi) is 3.23. The SMILES string of the molecule is Clc1cccc(Oc2ccc(Br)cc2)n1. The van der Waals surface area contributed by atoms with Crippen LogP contribution in [-0.4, -0.2) is 4.98 Å². The number of nitrogens with zero attached hydrogens (tertiary/aromatic N) is 1. The summed E-state index contributed by atoms with van der Waals surface area (Å²) in [7, 11) is 0. The molecule has 0 aliphatic carbocycles. The molecule has 0 unspecified atom stereocenters. The summed E-state index contributed by atoms with van der Waals surface area (Å²) >= 11 is 9.09. The molecule has 1 aromatic heterocycles. The van der Waals surface area contributed by atoms with Crippen LogP contribution in [0.25, 0.3) is 0 Å². The number of hydrogen-bond donors (Lipinski definition) is 0. The summed E-state index contributed by atoms with van der Waals surface area (Å²) in [5, 5.41) is 0.421. The molecule has 0 amide bonds. The van der Waals surface area contributed by atoms with Gasteiger partial charge < -0.3 is 4.74 Å². The van der Waals surface area contributed by atoms with Gasteiger partial charge in [-0.2, -0.15) is 0 Å². The van der Waals surface area contributed by atoms with E-state index in [4.69, 9.17) is 16.3 Å². The molecule has 1 aromatic carbocycles. The summed E-state index contributed by atoms with van der Waals surface area (Å²) in [6.45, 7) is 0. The predicted molar refractivity (Wildman–Crippen MR) is 63.5 cm³/mol.